The zero-order chi connectivity index (χ0) is 12.7. The van der Waals surface area contributed by atoms with Crippen molar-refractivity contribution in [2.24, 2.45) is 0 Å². The maximum absolute atomic E-state index is 11.1. The van der Waals surface area contributed by atoms with Crippen LogP contribution in [0.25, 0.3) is 0 Å². The summed E-state index contributed by atoms with van der Waals surface area (Å²) in [5, 5.41) is 6.31. The van der Waals surface area contributed by atoms with Crippen LogP contribution in [0.2, 0.25) is 0 Å². The number of rotatable bonds is 5. The lowest BCUT2D eigenvalue weighted by Crippen LogP contribution is -2.13. The fourth-order valence-corrected chi connectivity index (χ4v) is 1.000. The summed E-state index contributed by atoms with van der Waals surface area (Å²) < 4.78 is 10.5. The van der Waals surface area contributed by atoms with Gasteiger partial charge in [-0.2, -0.15) is 5.10 Å². The summed E-state index contributed by atoms with van der Waals surface area (Å²) in [7, 11) is 1.29. The lowest BCUT2D eigenvalue weighted by Gasteiger charge is -2.01. The first-order valence-electron chi connectivity index (χ1n) is 4.79. The van der Waals surface area contributed by atoms with Crippen molar-refractivity contribution in [1.29, 1.82) is 0 Å². The van der Waals surface area contributed by atoms with Crippen LogP contribution in [0.4, 0.5) is 10.5 Å². The standard InChI is InChI=1S/C10H13N3O4/c1-3-4-17-10(15)12-8-5-11-13(6-8)7-9(14)16-2/h3,5-6H,1,4,7H2,2H3,(H,12,15). The summed E-state index contributed by atoms with van der Waals surface area (Å²) in [5.41, 5.74) is 0.433. The Morgan fingerprint density at radius 3 is 3.06 bits per heavy atom. The minimum atomic E-state index is -0.609. The third-order valence-corrected chi connectivity index (χ3v) is 1.73. The average molecular weight is 239 g/mol. The predicted molar refractivity (Wildman–Crippen MR) is 59.4 cm³/mol. The number of nitrogens with zero attached hydrogens (tertiary/aromatic N) is 2. The van der Waals surface area contributed by atoms with Crippen molar-refractivity contribution in [3.63, 3.8) is 0 Å². The first kappa shape index (κ1) is 12.8. The Hall–Kier alpha value is -2.31. The molecule has 1 aromatic heterocycles. The Balaban J connectivity index is 2.47. The average Bonchev–Trinajstić information content (AvgIpc) is 2.73. The van der Waals surface area contributed by atoms with Crippen molar-refractivity contribution in [2.75, 3.05) is 19.0 Å². The Morgan fingerprint density at radius 1 is 1.65 bits per heavy atom. The van der Waals surface area contributed by atoms with Gasteiger partial charge in [-0.1, -0.05) is 12.7 Å². The van der Waals surface area contributed by atoms with Crippen molar-refractivity contribution in [1.82, 2.24) is 9.78 Å². The Labute approximate surface area is 98.0 Å². The number of esters is 1. The van der Waals surface area contributed by atoms with Gasteiger partial charge in [-0.05, 0) is 0 Å². The van der Waals surface area contributed by atoms with Crippen LogP contribution in [-0.4, -0.2) is 35.6 Å². The lowest BCUT2D eigenvalue weighted by atomic mass is 10.5. The van der Waals surface area contributed by atoms with Crippen LogP contribution in [0.3, 0.4) is 0 Å². The maximum atomic E-state index is 11.1. The molecule has 1 heterocycles. The van der Waals surface area contributed by atoms with Gasteiger partial charge >= 0.3 is 12.1 Å². The van der Waals surface area contributed by atoms with E-state index in [4.69, 9.17) is 4.74 Å². The summed E-state index contributed by atoms with van der Waals surface area (Å²) >= 11 is 0. The van der Waals surface area contributed by atoms with E-state index in [0.717, 1.165) is 0 Å². The molecule has 0 aromatic carbocycles. The summed E-state index contributed by atoms with van der Waals surface area (Å²) in [6.45, 7) is 3.53. The Morgan fingerprint density at radius 2 is 2.41 bits per heavy atom. The monoisotopic (exact) mass is 239 g/mol. The molecule has 0 saturated carbocycles. The molecule has 0 aliphatic rings. The topological polar surface area (TPSA) is 82.5 Å². The number of amides is 1. The minimum absolute atomic E-state index is 0.0140. The van der Waals surface area contributed by atoms with Crippen LogP contribution >= 0.6 is 0 Å². The second-order valence-electron chi connectivity index (χ2n) is 3.01. The van der Waals surface area contributed by atoms with Crippen molar-refractivity contribution >= 4 is 17.7 Å². The molecule has 0 bridgehead atoms. The number of hydrogen-bond acceptors (Lipinski definition) is 5. The molecule has 0 fully saturated rings. The van der Waals surface area contributed by atoms with Crippen molar-refractivity contribution < 1.29 is 19.1 Å². The van der Waals surface area contributed by atoms with Gasteiger partial charge in [-0.3, -0.25) is 14.8 Å². The van der Waals surface area contributed by atoms with E-state index in [2.05, 4.69) is 21.7 Å². The van der Waals surface area contributed by atoms with Gasteiger partial charge in [0.05, 0.1) is 19.0 Å². The SMILES string of the molecule is C=CCOC(=O)Nc1cnn(CC(=O)OC)c1. The normalized spacial score (nSPS) is 9.47. The van der Waals surface area contributed by atoms with E-state index < -0.39 is 12.1 Å². The number of hydrogen-bond donors (Lipinski definition) is 1. The molecular formula is C10H13N3O4. The van der Waals surface area contributed by atoms with E-state index in [0.29, 0.717) is 5.69 Å². The zero-order valence-electron chi connectivity index (χ0n) is 9.38. The molecule has 1 aromatic rings. The molecule has 17 heavy (non-hydrogen) atoms. The Kier molecular flexibility index (Phi) is 4.74. The van der Waals surface area contributed by atoms with Gasteiger partial charge in [-0.15, -0.1) is 0 Å². The molecule has 0 spiro atoms. The van der Waals surface area contributed by atoms with E-state index in [9.17, 15) is 9.59 Å². The number of carbonyl (C=O) groups excluding carboxylic acids is 2. The van der Waals surface area contributed by atoms with E-state index >= 15 is 0 Å². The van der Waals surface area contributed by atoms with Crippen LogP contribution < -0.4 is 5.32 Å². The highest BCUT2D eigenvalue weighted by Crippen LogP contribution is 2.05. The number of carbonyl (C=O) groups is 2. The molecule has 0 saturated heterocycles. The van der Waals surface area contributed by atoms with Gasteiger partial charge < -0.3 is 9.47 Å². The molecule has 1 rings (SSSR count). The molecule has 0 unspecified atom stereocenters. The van der Waals surface area contributed by atoms with Gasteiger partial charge in [-0.25, -0.2) is 4.79 Å². The molecule has 0 radical (unpaired) electrons. The van der Waals surface area contributed by atoms with Crippen LogP contribution in [0.5, 0.6) is 0 Å². The number of methoxy groups -OCH3 is 1. The smallest absolute Gasteiger partial charge is 0.412 e. The summed E-state index contributed by atoms with van der Waals surface area (Å²) in [6, 6.07) is 0. The van der Waals surface area contributed by atoms with Gasteiger partial charge in [0, 0.05) is 6.20 Å². The van der Waals surface area contributed by atoms with E-state index in [-0.39, 0.29) is 13.2 Å². The fourth-order valence-electron chi connectivity index (χ4n) is 1.000. The zero-order valence-corrected chi connectivity index (χ0v) is 9.38. The predicted octanol–water partition coefficient (Wildman–Crippen LogP) is 0.791. The van der Waals surface area contributed by atoms with Crippen LogP contribution in [-0.2, 0) is 20.8 Å². The van der Waals surface area contributed by atoms with E-state index in [1.807, 2.05) is 0 Å². The molecular weight excluding hydrogens is 226 g/mol. The van der Waals surface area contributed by atoms with Gasteiger partial charge in [0.25, 0.3) is 0 Å². The molecule has 7 nitrogen and oxygen atoms in total. The van der Waals surface area contributed by atoms with Crippen molar-refractivity contribution in [3.8, 4) is 0 Å². The number of anilines is 1. The van der Waals surface area contributed by atoms with Crippen LogP contribution in [0.15, 0.2) is 25.0 Å². The summed E-state index contributed by atoms with van der Waals surface area (Å²) in [5.74, 6) is -0.422. The minimum Gasteiger partial charge on any atom is -0.468 e. The number of aromatic nitrogens is 2. The quantitative estimate of drug-likeness (QED) is 0.606. The second-order valence-corrected chi connectivity index (χ2v) is 3.01. The largest absolute Gasteiger partial charge is 0.468 e. The highest BCUT2D eigenvalue weighted by molar-refractivity contribution is 5.84. The van der Waals surface area contributed by atoms with E-state index in [1.165, 1.54) is 30.3 Å². The molecule has 0 aliphatic carbocycles. The summed E-state index contributed by atoms with van der Waals surface area (Å²) in [4.78, 5) is 22.1. The maximum Gasteiger partial charge on any atom is 0.412 e. The number of ether oxygens (including phenoxy) is 2. The van der Waals surface area contributed by atoms with Crippen LogP contribution in [0.1, 0.15) is 0 Å². The second kappa shape index (κ2) is 6.31. The van der Waals surface area contributed by atoms with Gasteiger partial charge in [0.2, 0.25) is 0 Å². The summed E-state index contributed by atoms with van der Waals surface area (Å²) in [6.07, 6.45) is 3.74. The van der Waals surface area contributed by atoms with Gasteiger partial charge in [0.1, 0.15) is 13.2 Å². The highest BCUT2D eigenvalue weighted by Gasteiger charge is 2.07. The van der Waals surface area contributed by atoms with Crippen molar-refractivity contribution in [2.45, 2.75) is 6.54 Å². The third kappa shape index (κ3) is 4.37. The highest BCUT2D eigenvalue weighted by atomic mass is 16.5. The van der Waals surface area contributed by atoms with E-state index in [1.54, 1.807) is 0 Å². The molecule has 0 aliphatic heterocycles. The molecule has 7 heteroatoms. The third-order valence-electron chi connectivity index (χ3n) is 1.73. The van der Waals surface area contributed by atoms with Gasteiger partial charge in [0.15, 0.2) is 0 Å². The fraction of sp³-hybridized carbons (Fsp3) is 0.300. The van der Waals surface area contributed by atoms with Crippen molar-refractivity contribution in [3.05, 3.63) is 25.0 Å². The Bertz CT molecular complexity index is 413. The van der Waals surface area contributed by atoms with Crippen LogP contribution in [0, 0.1) is 0 Å². The molecule has 1 amide bonds. The lowest BCUT2D eigenvalue weighted by molar-refractivity contribution is -0.141. The molecule has 92 valence electrons. The first-order valence-corrected chi connectivity index (χ1v) is 4.79. The number of nitrogens with one attached hydrogen (secondary N) is 1. The first-order chi connectivity index (χ1) is 8.15. The molecule has 0 atom stereocenters. The molecule has 1 N–H and O–H groups in total.